The molecule has 0 bridgehead atoms. The Morgan fingerprint density at radius 1 is 1.32 bits per heavy atom. The van der Waals surface area contributed by atoms with E-state index in [-0.39, 0.29) is 0 Å². The van der Waals surface area contributed by atoms with Gasteiger partial charge in [0.25, 0.3) is 0 Å². The number of aromatic hydroxyl groups is 1. The van der Waals surface area contributed by atoms with Crippen LogP contribution in [-0.2, 0) is 19.3 Å². The third kappa shape index (κ3) is 3.52. The van der Waals surface area contributed by atoms with Crippen LogP contribution < -0.4 is 0 Å². The lowest BCUT2D eigenvalue weighted by molar-refractivity contribution is 0.204. The zero-order valence-electron chi connectivity index (χ0n) is 12.7. The molecular weight excluding hydrogens is 290 g/mol. The van der Waals surface area contributed by atoms with E-state index in [1.54, 1.807) is 6.07 Å². The third-order valence-electron chi connectivity index (χ3n) is 4.43. The van der Waals surface area contributed by atoms with Crippen LogP contribution in [0.2, 0.25) is 0 Å². The summed E-state index contributed by atoms with van der Waals surface area (Å²) in [6, 6.07) is 10.5. The summed E-state index contributed by atoms with van der Waals surface area (Å²) in [5, 5.41) is 11.8. The van der Waals surface area contributed by atoms with Gasteiger partial charge in [-0.2, -0.15) is 0 Å². The summed E-state index contributed by atoms with van der Waals surface area (Å²) >= 11 is 1.81. The summed E-state index contributed by atoms with van der Waals surface area (Å²) in [7, 11) is 0. The number of phenols is 1. The number of hydrogen-bond donors (Lipinski definition) is 1. The molecule has 3 heteroatoms. The Morgan fingerprint density at radius 3 is 3.00 bits per heavy atom. The van der Waals surface area contributed by atoms with Crippen molar-refractivity contribution in [3.8, 4) is 18.1 Å². The number of terminal acetylenes is 1. The lowest BCUT2D eigenvalue weighted by atomic mass is 9.87. The van der Waals surface area contributed by atoms with E-state index in [0.717, 1.165) is 32.2 Å². The first-order valence-electron chi connectivity index (χ1n) is 7.77. The molecule has 22 heavy (non-hydrogen) atoms. The highest BCUT2D eigenvalue weighted by Gasteiger charge is 2.24. The zero-order chi connectivity index (χ0) is 15.4. The average molecular weight is 311 g/mol. The Bertz CT molecular complexity index is 657. The molecule has 3 rings (SSSR count). The number of phenolic OH excluding ortho intramolecular Hbond substituents is 1. The van der Waals surface area contributed by atoms with Crippen LogP contribution in [0.3, 0.4) is 0 Å². The molecule has 2 aromatic rings. The minimum atomic E-state index is 0.362. The Balaban J connectivity index is 1.68. The predicted octanol–water partition coefficient (Wildman–Crippen LogP) is 3.49. The quantitative estimate of drug-likeness (QED) is 0.855. The van der Waals surface area contributed by atoms with E-state index >= 15 is 0 Å². The van der Waals surface area contributed by atoms with Crippen LogP contribution in [0.4, 0.5) is 0 Å². The van der Waals surface area contributed by atoms with Crippen LogP contribution in [0.1, 0.15) is 22.4 Å². The molecule has 0 amide bonds. The maximum atomic E-state index is 9.70. The lowest BCUT2D eigenvalue weighted by Gasteiger charge is -2.34. The zero-order valence-corrected chi connectivity index (χ0v) is 13.5. The summed E-state index contributed by atoms with van der Waals surface area (Å²) in [5.41, 5.74) is 2.64. The molecule has 0 spiro atoms. The molecule has 1 aromatic carbocycles. The third-order valence-corrected chi connectivity index (χ3v) is 5.36. The summed E-state index contributed by atoms with van der Waals surface area (Å²) in [5.74, 6) is 3.17. The van der Waals surface area contributed by atoms with Crippen molar-refractivity contribution >= 4 is 11.3 Å². The molecule has 1 aliphatic rings. The van der Waals surface area contributed by atoms with Gasteiger partial charge in [-0.15, -0.1) is 17.8 Å². The first kappa shape index (κ1) is 15.1. The highest BCUT2D eigenvalue weighted by molar-refractivity contribution is 7.09. The van der Waals surface area contributed by atoms with Gasteiger partial charge >= 0.3 is 0 Å². The van der Waals surface area contributed by atoms with E-state index in [1.807, 2.05) is 17.4 Å². The van der Waals surface area contributed by atoms with Crippen LogP contribution in [0.5, 0.6) is 5.75 Å². The molecule has 2 nitrogen and oxygen atoms in total. The number of benzene rings is 1. The molecule has 0 saturated carbocycles. The minimum absolute atomic E-state index is 0.362. The van der Waals surface area contributed by atoms with Gasteiger partial charge in [0.2, 0.25) is 0 Å². The van der Waals surface area contributed by atoms with E-state index in [2.05, 4.69) is 34.4 Å². The van der Waals surface area contributed by atoms with Crippen molar-refractivity contribution in [3.63, 3.8) is 0 Å². The van der Waals surface area contributed by atoms with Gasteiger partial charge in [0.05, 0.1) is 6.54 Å². The summed E-state index contributed by atoms with van der Waals surface area (Å²) in [6.07, 6.45) is 9.83. The van der Waals surface area contributed by atoms with Crippen molar-refractivity contribution in [1.29, 1.82) is 0 Å². The predicted molar refractivity (Wildman–Crippen MR) is 92.3 cm³/mol. The Hall–Kier alpha value is -1.76. The van der Waals surface area contributed by atoms with Gasteiger partial charge in [-0.25, -0.2) is 0 Å². The van der Waals surface area contributed by atoms with Gasteiger partial charge in [-0.3, -0.25) is 4.90 Å². The average Bonchev–Trinajstić information content (AvgIpc) is 3.04. The maximum Gasteiger partial charge on any atom is 0.115 e. The van der Waals surface area contributed by atoms with Crippen molar-refractivity contribution in [2.45, 2.75) is 31.7 Å². The lowest BCUT2D eigenvalue weighted by Crippen LogP contribution is -2.40. The summed E-state index contributed by atoms with van der Waals surface area (Å²) < 4.78 is 0. The molecular formula is C19H21NOS. The Morgan fingerprint density at radius 2 is 2.23 bits per heavy atom. The van der Waals surface area contributed by atoms with Crippen LogP contribution >= 0.6 is 11.3 Å². The molecule has 1 atom stereocenters. The molecule has 1 aromatic heterocycles. The molecule has 0 radical (unpaired) electrons. The van der Waals surface area contributed by atoms with E-state index < -0.39 is 0 Å². The summed E-state index contributed by atoms with van der Waals surface area (Å²) in [4.78, 5) is 3.84. The molecule has 114 valence electrons. The van der Waals surface area contributed by atoms with Gasteiger partial charge < -0.3 is 5.11 Å². The number of nitrogens with zero attached hydrogens (tertiary/aromatic N) is 1. The highest BCUT2D eigenvalue weighted by atomic mass is 32.1. The van der Waals surface area contributed by atoms with Crippen LogP contribution in [0, 0.1) is 12.3 Å². The minimum Gasteiger partial charge on any atom is -0.508 e. The Kier molecular flexibility index (Phi) is 4.82. The van der Waals surface area contributed by atoms with E-state index in [9.17, 15) is 5.11 Å². The van der Waals surface area contributed by atoms with E-state index in [1.165, 1.54) is 16.0 Å². The molecule has 1 aliphatic carbocycles. The second-order valence-electron chi connectivity index (χ2n) is 5.85. The van der Waals surface area contributed by atoms with Gasteiger partial charge in [0, 0.05) is 17.5 Å². The fourth-order valence-corrected chi connectivity index (χ4v) is 3.95. The largest absolute Gasteiger partial charge is 0.508 e. The topological polar surface area (TPSA) is 23.5 Å². The van der Waals surface area contributed by atoms with Gasteiger partial charge in [-0.05, 0) is 60.4 Å². The normalized spacial score (nSPS) is 17.2. The summed E-state index contributed by atoms with van der Waals surface area (Å²) in [6.45, 7) is 1.70. The molecule has 0 saturated heterocycles. The van der Waals surface area contributed by atoms with Crippen molar-refractivity contribution in [2.24, 2.45) is 0 Å². The van der Waals surface area contributed by atoms with E-state index in [4.69, 9.17) is 6.42 Å². The smallest absolute Gasteiger partial charge is 0.115 e. The molecule has 0 aliphatic heterocycles. The van der Waals surface area contributed by atoms with Crippen LogP contribution in [-0.4, -0.2) is 29.1 Å². The van der Waals surface area contributed by atoms with Gasteiger partial charge in [0.1, 0.15) is 5.75 Å². The molecule has 0 fully saturated rings. The number of thiophene rings is 1. The molecule has 1 unspecified atom stereocenters. The van der Waals surface area contributed by atoms with Gasteiger partial charge in [0.15, 0.2) is 0 Å². The van der Waals surface area contributed by atoms with Crippen molar-refractivity contribution in [3.05, 3.63) is 51.7 Å². The number of aryl methyl sites for hydroxylation is 1. The first-order chi connectivity index (χ1) is 10.8. The van der Waals surface area contributed by atoms with Crippen molar-refractivity contribution in [1.82, 2.24) is 4.90 Å². The van der Waals surface area contributed by atoms with Crippen LogP contribution in [0.15, 0.2) is 35.7 Å². The van der Waals surface area contributed by atoms with Crippen molar-refractivity contribution in [2.75, 3.05) is 13.1 Å². The maximum absolute atomic E-state index is 9.70. The molecule has 1 N–H and O–H groups in total. The highest BCUT2D eigenvalue weighted by Crippen LogP contribution is 2.27. The van der Waals surface area contributed by atoms with E-state index in [0.29, 0.717) is 18.3 Å². The SMILES string of the molecule is C#CCN(CCc1cccs1)C1CCc2ccc(O)cc2C1. The number of hydrogen-bond acceptors (Lipinski definition) is 3. The fourth-order valence-electron chi connectivity index (χ4n) is 3.25. The number of fused-ring (bicyclic) bond motifs is 1. The number of rotatable bonds is 5. The standard InChI is InChI=1S/C19H21NOS/c1-2-10-20(11-9-19-4-3-12-22-19)17-7-5-15-6-8-18(21)14-16(15)13-17/h1,3-4,6,8,12,14,17,21H,5,7,9-11,13H2. The monoisotopic (exact) mass is 311 g/mol. The van der Waals surface area contributed by atoms with Crippen LogP contribution in [0.25, 0.3) is 0 Å². The first-order valence-corrected chi connectivity index (χ1v) is 8.65. The van der Waals surface area contributed by atoms with Gasteiger partial charge in [-0.1, -0.05) is 18.1 Å². The molecule has 1 heterocycles. The van der Waals surface area contributed by atoms with Crippen molar-refractivity contribution < 1.29 is 5.11 Å². The second-order valence-corrected chi connectivity index (χ2v) is 6.89. The fraction of sp³-hybridized carbons (Fsp3) is 0.368. The second kappa shape index (κ2) is 7.00. The Labute approximate surface area is 136 Å².